The number of rotatable bonds is 48. The quantitative estimate of drug-likeness (QED) is 0.0364. The standard InChI is InChI=1S/C53H103NO4/c1-3-5-7-9-11-13-15-17-19-21-23-24-25-26-27-28-29-30-32-34-36-38-40-42-44-46-48-52(57)53(58)54-50(49-55)51(56)47-45-43-41-39-37-35-33-31-22-20-18-16-14-12-10-8-6-4-2/h23-24,26-27,50-52,55-57H,3-22,25,28-49H2,1-2H3,(H,54,58)/b24-23-,27-26-. The Morgan fingerprint density at radius 2 is 0.707 bits per heavy atom. The molecule has 0 aliphatic heterocycles. The summed E-state index contributed by atoms with van der Waals surface area (Å²) in [5.41, 5.74) is 0. The second-order valence-corrected chi connectivity index (χ2v) is 18.1. The van der Waals surface area contributed by atoms with Gasteiger partial charge in [-0.15, -0.1) is 0 Å². The molecule has 344 valence electrons. The summed E-state index contributed by atoms with van der Waals surface area (Å²) >= 11 is 0. The van der Waals surface area contributed by atoms with E-state index < -0.39 is 24.2 Å². The number of hydrogen-bond acceptors (Lipinski definition) is 4. The lowest BCUT2D eigenvalue weighted by atomic mass is 10.0. The maximum Gasteiger partial charge on any atom is 0.249 e. The van der Waals surface area contributed by atoms with Crippen molar-refractivity contribution in [2.45, 2.75) is 302 Å². The molecule has 1 amide bonds. The molecule has 0 fully saturated rings. The molecule has 0 bridgehead atoms. The molecule has 5 nitrogen and oxygen atoms in total. The van der Waals surface area contributed by atoms with Crippen LogP contribution in [0.4, 0.5) is 0 Å². The molecule has 0 aromatic carbocycles. The van der Waals surface area contributed by atoms with Crippen molar-refractivity contribution in [2.75, 3.05) is 6.61 Å². The average molecular weight is 818 g/mol. The molecule has 0 aromatic heterocycles. The van der Waals surface area contributed by atoms with Crippen LogP contribution in [0.1, 0.15) is 284 Å². The Labute approximate surface area is 362 Å². The first-order chi connectivity index (χ1) is 28.6. The summed E-state index contributed by atoms with van der Waals surface area (Å²) in [7, 11) is 0. The summed E-state index contributed by atoms with van der Waals surface area (Å²) in [5.74, 6) is -0.470. The first kappa shape index (κ1) is 56.8. The number of carbonyl (C=O) groups excluding carboxylic acids is 1. The van der Waals surface area contributed by atoms with E-state index in [1.54, 1.807) is 0 Å². The largest absolute Gasteiger partial charge is 0.394 e. The highest BCUT2D eigenvalue weighted by Gasteiger charge is 2.23. The number of nitrogens with one attached hydrogen (secondary N) is 1. The first-order valence-corrected chi connectivity index (χ1v) is 26.1. The van der Waals surface area contributed by atoms with Crippen LogP contribution < -0.4 is 5.32 Å². The van der Waals surface area contributed by atoms with Crippen LogP contribution in [0.2, 0.25) is 0 Å². The first-order valence-electron chi connectivity index (χ1n) is 26.1. The van der Waals surface area contributed by atoms with E-state index in [9.17, 15) is 20.1 Å². The Kier molecular flexibility index (Phi) is 47.5. The van der Waals surface area contributed by atoms with Gasteiger partial charge in [-0.2, -0.15) is 0 Å². The van der Waals surface area contributed by atoms with Crippen LogP contribution in [0.5, 0.6) is 0 Å². The number of carbonyl (C=O) groups is 1. The van der Waals surface area contributed by atoms with Gasteiger partial charge in [0.25, 0.3) is 0 Å². The lowest BCUT2D eigenvalue weighted by Crippen LogP contribution is -2.49. The number of hydrogen-bond donors (Lipinski definition) is 4. The lowest BCUT2D eigenvalue weighted by molar-refractivity contribution is -0.131. The van der Waals surface area contributed by atoms with Crippen LogP contribution in [0.3, 0.4) is 0 Å². The number of amides is 1. The fourth-order valence-electron chi connectivity index (χ4n) is 8.22. The van der Waals surface area contributed by atoms with Crippen molar-refractivity contribution in [2.24, 2.45) is 0 Å². The van der Waals surface area contributed by atoms with Gasteiger partial charge < -0.3 is 20.6 Å². The zero-order valence-corrected chi connectivity index (χ0v) is 39.2. The minimum Gasteiger partial charge on any atom is -0.394 e. The Bertz CT molecular complexity index is 859. The highest BCUT2D eigenvalue weighted by atomic mass is 16.3. The van der Waals surface area contributed by atoms with Crippen LogP contribution in [-0.4, -0.2) is 46.1 Å². The van der Waals surface area contributed by atoms with Crippen molar-refractivity contribution in [1.29, 1.82) is 0 Å². The minimum absolute atomic E-state index is 0.312. The van der Waals surface area contributed by atoms with Gasteiger partial charge >= 0.3 is 0 Å². The third-order valence-corrected chi connectivity index (χ3v) is 12.3. The third kappa shape index (κ3) is 42.9. The molecule has 0 rings (SSSR count). The molecular weight excluding hydrogens is 715 g/mol. The SMILES string of the molecule is CCCCCCCCCCC/C=C\C/C=C\CCCCCCCCCCCCC(O)C(=O)NC(CO)C(O)CCCCCCCCCCCCCCCCCCCC. The van der Waals surface area contributed by atoms with Crippen LogP contribution in [0.15, 0.2) is 24.3 Å². The van der Waals surface area contributed by atoms with Crippen LogP contribution >= 0.6 is 0 Å². The highest BCUT2D eigenvalue weighted by molar-refractivity contribution is 5.80. The molecule has 5 heteroatoms. The van der Waals surface area contributed by atoms with Crippen molar-refractivity contribution in [3.05, 3.63) is 24.3 Å². The molecule has 0 saturated heterocycles. The summed E-state index contributed by atoms with van der Waals surface area (Å²) < 4.78 is 0. The van der Waals surface area contributed by atoms with E-state index in [1.165, 1.54) is 218 Å². The van der Waals surface area contributed by atoms with Gasteiger partial charge in [0.2, 0.25) is 5.91 Å². The second kappa shape index (κ2) is 48.5. The smallest absolute Gasteiger partial charge is 0.249 e. The van der Waals surface area contributed by atoms with Gasteiger partial charge in [-0.05, 0) is 44.9 Å². The van der Waals surface area contributed by atoms with Gasteiger partial charge in [-0.25, -0.2) is 0 Å². The van der Waals surface area contributed by atoms with E-state index in [0.717, 1.165) is 38.5 Å². The van der Waals surface area contributed by atoms with Gasteiger partial charge in [-0.3, -0.25) is 4.79 Å². The molecule has 4 N–H and O–H groups in total. The average Bonchev–Trinajstić information content (AvgIpc) is 3.23. The summed E-state index contributed by atoms with van der Waals surface area (Å²) in [6.45, 7) is 4.26. The lowest BCUT2D eigenvalue weighted by Gasteiger charge is -2.23. The molecule has 0 heterocycles. The summed E-state index contributed by atoms with van der Waals surface area (Å²) in [6, 6.07) is -0.712. The molecule has 3 atom stereocenters. The maximum atomic E-state index is 12.5. The van der Waals surface area contributed by atoms with Gasteiger partial charge in [0.1, 0.15) is 6.10 Å². The molecule has 0 aromatic rings. The van der Waals surface area contributed by atoms with Crippen LogP contribution in [0.25, 0.3) is 0 Å². The van der Waals surface area contributed by atoms with E-state index in [1.807, 2.05) is 0 Å². The number of aliphatic hydroxyl groups is 3. The predicted molar refractivity (Wildman–Crippen MR) is 255 cm³/mol. The highest BCUT2D eigenvalue weighted by Crippen LogP contribution is 2.17. The Hall–Kier alpha value is -1.17. The van der Waals surface area contributed by atoms with E-state index in [2.05, 4.69) is 43.5 Å². The van der Waals surface area contributed by atoms with E-state index in [0.29, 0.717) is 12.8 Å². The van der Waals surface area contributed by atoms with Crippen LogP contribution in [-0.2, 0) is 4.79 Å². The number of unbranched alkanes of at least 4 members (excludes halogenated alkanes) is 36. The summed E-state index contributed by atoms with van der Waals surface area (Å²) in [6.07, 6.45) is 60.6. The van der Waals surface area contributed by atoms with Crippen molar-refractivity contribution < 1.29 is 20.1 Å². The van der Waals surface area contributed by atoms with Crippen molar-refractivity contribution in [3.63, 3.8) is 0 Å². The number of allylic oxidation sites excluding steroid dienone is 4. The van der Waals surface area contributed by atoms with Gasteiger partial charge in [0, 0.05) is 0 Å². The fourth-order valence-corrected chi connectivity index (χ4v) is 8.22. The second-order valence-electron chi connectivity index (χ2n) is 18.1. The molecule has 58 heavy (non-hydrogen) atoms. The zero-order valence-electron chi connectivity index (χ0n) is 39.2. The summed E-state index contributed by atoms with van der Waals surface area (Å²) in [4.78, 5) is 12.5. The van der Waals surface area contributed by atoms with E-state index >= 15 is 0 Å². The van der Waals surface area contributed by atoms with E-state index in [-0.39, 0.29) is 6.61 Å². The molecule has 0 aliphatic rings. The molecule has 0 radical (unpaired) electrons. The normalized spacial score (nSPS) is 13.5. The fraction of sp³-hybridized carbons (Fsp3) is 0.906. The van der Waals surface area contributed by atoms with Crippen LogP contribution in [0, 0.1) is 0 Å². The molecule has 0 spiro atoms. The molecule has 3 unspecified atom stereocenters. The topological polar surface area (TPSA) is 89.8 Å². The summed E-state index contributed by atoms with van der Waals surface area (Å²) in [5, 5.41) is 33.5. The zero-order chi connectivity index (χ0) is 42.3. The Morgan fingerprint density at radius 1 is 0.414 bits per heavy atom. The number of aliphatic hydroxyl groups excluding tert-OH is 3. The Balaban J connectivity index is 3.57. The molecule has 0 saturated carbocycles. The molecule has 0 aliphatic carbocycles. The van der Waals surface area contributed by atoms with Gasteiger partial charge in [0.05, 0.1) is 18.8 Å². The van der Waals surface area contributed by atoms with Gasteiger partial charge in [0.15, 0.2) is 0 Å². The Morgan fingerprint density at radius 3 is 1.03 bits per heavy atom. The van der Waals surface area contributed by atoms with E-state index in [4.69, 9.17) is 0 Å². The maximum absolute atomic E-state index is 12.5. The molecular formula is C53H103NO4. The van der Waals surface area contributed by atoms with Crippen molar-refractivity contribution >= 4 is 5.91 Å². The monoisotopic (exact) mass is 818 g/mol. The van der Waals surface area contributed by atoms with Crippen molar-refractivity contribution in [1.82, 2.24) is 5.32 Å². The minimum atomic E-state index is -1.08. The third-order valence-electron chi connectivity index (χ3n) is 12.3. The van der Waals surface area contributed by atoms with Crippen molar-refractivity contribution in [3.8, 4) is 0 Å². The predicted octanol–water partition coefficient (Wildman–Crippen LogP) is 15.7. The van der Waals surface area contributed by atoms with Gasteiger partial charge in [-0.1, -0.05) is 263 Å².